The van der Waals surface area contributed by atoms with E-state index in [0.29, 0.717) is 6.54 Å². The smallest absolute Gasteiger partial charge is 0.274 e. The predicted molar refractivity (Wildman–Crippen MR) is 83.2 cm³/mol. The summed E-state index contributed by atoms with van der Waals surface area (Å²) >= 11 is 0. The second-order valence-corrected chi connectivity index (χ2v) is 5.09. The maximum atomic E-state index is 12.2. The SMILES string of the molecule is Cn1c(CCCN)cc(=O)n2nc(-c3ccccc3)cc12. The maximum absolute atomic E-state index is 12.2. The molecule has 5 heteroatoms. The molecule has 0 radical (unpaired) electrons. The van der Waals surface area contributed by atoms with Crippen molar-refractivity contribution in [3.8, 4) is 11.3 Å². The maximum Gasteiger partial charge on any atom is 0.274 e. The lowest BCUT2D eigenvalue weighted by atomic mass is 10.1. The Morgan fingerprint density at radius 1 is 1.19 bits per heavy atom. The summed E-state index contributed by atoms with van der Waals surface area (Å²) in [6.45, 7) is 0.619. The Bertz CT molecular complexity index is 817. The van der Waals surface area contributed by atoms with Crippen LogP contribution in [-0.2, 0) is 13.5 Å². The van der Waals surface area contributed by atoms with Gasteiger partial charge in [0.1, 0.15) is 5.65 Å². The van der Waals surface area contributed by atoms with Crippen LogP contribution < -0.4 is 11.3 Å². The van der Waals surface area contributed by atoms with Crippen LogP contribution in [0, 0.1) is 0 Å². The summed E-state index contributed by atoms with van der Waals surface area (Å²) < 4.78 is 3.46. The monoisotopic (exact) mass is 282 g/mol. The summed E-state index contributed by atoms with van der Waals surface area (Å²) in [5.41, 5.74) is 9.04. The molecule has 0 aliphatic rings. The van der Waals surface area contributed by atoms with E-state index in [1.54, 1.807) is 6.07 Å². The molecule has 0 aliphatic heterocycles. The summed E-state index contributed by atoms with van der Waals surface area (Å²) in [4.78, 5) is 12.2. The van der Waals surface area contributed by atoms with Crippen molar-refractivity contribution in [3.05, 3.63) is 58.5 Å². The number of nitrogens with zero attached hydrogens (tertiary/aromatic N) is 3. The Morgan fingerprint density at radius 3 is 2.67 bits per heavy atom. The summed E-state index contributed by atoms with van der Waals surface area (Å²) in [7, 11) is 1.96. The Balaban J connectivity index is 2.15. The molecule has 0 amide bonds. The van der Waals surface area contributed by atoms with E-state index in [2.05, 4.69) is 5.10 Å². The molecule has 2 N–H and O–H groups in total. The van der Waals surface area contributed by atoms with Gasteiger partial charge in [-0.3, -0.25) is 4.79 Å². The normalized spacial score (nSPS) is 11.1. The number of hydrogen-bond acceptors (Lipinski definition) is 3. The zero-order valence-electron chi connectivity index (χ0n) is 12.0. The van der Waals surface area contributed by atoms with Crippen LogP contribution in [-0.4, -0.2) is 20.7 Å². The lowest BCUT2D eigenvalue weighted by molar-refractivity contribution is 0.725. The van der Waals surface area contributed by atoms with Gasteiger partial charge in [-0.15, -0.1) is 0 Å². The largest absolute Gasteiger partial charge is 0.333 e. The quantitative estimate of drug-likeness (QED) is 0.790. The number of hydrogen-bond donors (Lipinski definition) is 1. The standard InChI is InChI=1S/C16H18N4O/c1-19-13(8-5-9-17)10-16(21)20-15(19)11-14(18-20)12-6-3-2-4-7-12/h2-4,6-7,10-11H,5,8-9,17H2,1H3. The minimum absolute atomic E-state index is 0.0997. The van der Waals surface area contributed by atoms with Gasteiger partial charge in [-0.1, -0.05) is 30.3 Å². The molecular formula is C16H18N4O. The van der Waals surface area contributed by atoms with Crippen LogP contribution in [0.2, 0.25) is 0 Å². The van der Waals surface area contributed by atoms with Crippen LogP contribution in [0.3, 0.4) is 0 Å². The van der Waals surface area contributed by atoms with Crippen molar-refractivity contribution in [1.29, 1.82) is 0 Å². The topological polar surface area (TPSA) is 65.3 Å². The number of aryl methyl sites for hydroxylation is 2. The van der Waals surface area contributed by atoms with Crippen LogP contribution in [0.1, 0.15) is 12.1 Å². The second kappa shape index (κ2) is 5.54. The van der Waals surface area contributed by atoms with Crippen LogP contribution in [0.5, 0.6) is 0 Å². The highest BCUT2D eigenvalue weighted by molar-refractivity contribution is 5.64. The Kier molecular flexibility index (Phi) is 3.58. The summed E-state index contributed by atoms with van der Waals surface area (Å²) in [6, 6.07) is 13.5. The van der Waals surface area contributed by atoms with Crippen molar-refractivity contribution in [3.63, 3.8) is 0 Å². The van der Waals surface area contributed by atoms with Gasteiger partial charge in [0, 0.05) is 30.4 Å². The van der Waals surface area contributed by atoms with Gasteiger partial charge in [-0.25, -0.2) is 0 Å². The Hall–Kier alpha value is -2.40. The lowest BCUT2D eigenvalue weighted by Crippen LogP contribution is -2.20. The van der Waals surface area contributed by atoms with E-state index in [0.717, 1.165) is 35.4 Å². The van der Waals surface area contributed by atoms with Crippen molar-refractivity contribution in [2.24, 2.45) is 12.8 Å². The molecule has 0 unspecified atom stereocenters. The third kappa shape index (κ3) is 2.48. The number of nitrogens with two attached hydrogens (primary N) is 1. The van der Waals surface area contributed by atoms with Crippen molar-refractivity contribution >= 4 is 5.65 Å². The molecule has 0 bridgehead atoms. The van der Waals surface area contributed by atoms with Crippen LogP contribution in [0.25, 0.3) is 16.9 Å². The third-order valence-electron chi connectivity index (χ3n) is 3.67. The number of fused-ring (bicyclic) bond motifs is 1. The second-order valence-electron chi connectivity index (χ2n) is 5.09. The van der Waals surface area contributed by atoms with Gasteiger partial charge in [0.05, 0.1) is 5.69 Å². The Morgan fingerprint density at radius 2 is 1.95 bits per heavy atom. The van der Waals surface area contributed by atoms with E-state index in [-0.39, 0.29) is 5.56 Å². The van der Waals surface area contributed by atoms with E-state index in [9.17, 15) is 4.79 Å². The van der Waals surface area contributed by atoms with E-state index in [1.807, 2.05) is 48.0 Å². The molecule has 2 heterocycles. The number of aromatic nitrogens is 3. The van der Waals surface area contributed by atoms with Crippen LogP contribution >= 0.6 is 0 Å². The average molecular weight is 282 g/mol. The van der Waals surface area contributed by atoms with E-state index in [4.69, 9.17) is 5.73 Å². The van der Waals surface area contributed by atoms with Gasteiger partial charge in [0.15, 0.2) is 0 Å². The molecule has 2 aromatic heterocycles. The molecule has 0 fully saturated rings. The number of benzene rings is 1. The molecule has 21 heavy (non-hydrogen) atoms. The highest BCUT2D eigenvalue weighted by atomic mass is 16.1. The van der Waals surface area contributed by atoms with E-state index < -0.39 is 0 Å². The molecule has 5 nitrogen and oxygen atoms in total. The summed E-state index contributed by atoms with van der Waals surface area (Å²) in [5, 5.41) is 4.42. The Labute approximate surface area is 122 Å². The lowest BCUT2D eigenvalue weighted by Gasteiger charge is -2.09. The first kappa shape index (κ1) is 13.6. The summed E-state index contributed by atoms with van der Waals surface area (Å²) in [6.07, 6.45) is 1.66. The van der Waals surface area contributed by atoms with Crippen molar-refractivity contribution in [2.45, 2.75) is 12.8 Å². The molecule has 108 valence electrons. The van der Waals surface area contributed by atoms with Gasteiger partial charge in [0.2, 0.25) is 0 Å². The third-order valence-corrected chi connectivity index (χ3v) is 3.67. The number of rotatable bonds is 4. The first-order chi connectivity index (χ1) is 10.2. The predicted octanol–water partition coefficient (Wildman–Crippen LogP) is 1.59. The van der Waals surface area contributed by atoms with Gasteiger partial charge in [-0.05, 0) is 19.4 Å². The minimum atomic E-state index is -0.0997. The average Bonchev–Trinajstić information content (AvgIpc) is 2.96. The van der Waals surface area contributed by atoms with Gasteiger partial charge >= 0.3 is 0 Å². The zero-order valence-corrected chi connectivity index (χ0v) is 12.0. The van der Waals surface area contributed by atoms with Gasteiger partial charge < -0.3 is 10.3 Å². The molecule has 1 aromatic carbocycles. The van der Waals surface area contributed by atoms with Crippen molar-refractivity contribution < 1.29 is 0 Å². The zero-order chi connectivity index (χ0) is 14.8. The molecule has 0 atom stereocenters. The van der Waals surface area contributed by atoms with Gasteiger partial charge in [0.25, 0.3) is 5.56 Å². The first-order valence-corrected chi connectivity index (χ1v) is 7.05. The minimum Gasteiger partial charge on any atom is -0.333 e. The van der Waals surface area contributed by atoms with Crippen LogP contribution in [0.4, 0.5) is 0 Å². The van der Waals surface area contributed by atoms with E-state index >= 15 is 0 Å². The molecule has 0 saturated carbocycles. The molecule has 3 aromatic rings. The van der Waals surface area contributed by atoms with Crippen LogP contribution in [0.15, 0.2) is 47.3 Å². The molecule has 0 saturated heterocycles. The van der Waals surface area contributed by atoms with E-state index in [1.165, 1.54) is 4.52 Å². The van der Waals surface area contributed by atoms with Crippen molar-refractivity contribution in [2.75, 3.05) is 6.54 Å². The summed E-state index contributed by atoms with van der Waals surface area (Å²) in [5.74, 6) is 0. The van der Waals surface area contributed by atoms with Crippen molar-refractivity contribution in [1.82, 2.24) is 14.2 Å². The fourth-order valence-corrected chi connectivity index (χ4v) is 2.49. The fourth-order valence-electron chi connectivity index (χ4n) is 2.49. The highest BCUT2D eigenvalue weighted by Gasteiger charge is 2.10. The first-order valence-electron chi connectivity index (χ1n) is 7.05. The molecule has 0 aliphatic carbocycles. The highest BCUT2D eigenvalue weighted by Crippen LogP contribution is 2.18. The molecular weight excluding hydrogens is 264 g/mol. The molecule has 3 rings (SSSR count). The fraction of sp³-hybridized carbons (Fsp3) is 0.250. The van der Waals surface area contributed by atoms with Gasteiger partial charge in [-0.2, -0.15) is 9.61 Å². The molecule has 0 spiro atoms.